The van der Waals surface area contributed by atoms with Crippen LogP contribution >= 0.6 is 0 Å². The fourth-order valence-corrected chi connectivity index (χ4v) is 3.63. The predicted molar refractivity (Wildman–Crippen MR) is 110 cm³/mol. The van der Waals surface area contributed by atoms with E-state index in [2.05, 4.69) is 16.9 Å². The van der Waals surface area contributed by atoms with Crippen LogP contribution in [0.5, 0.6) is 0 Å². The van der Waals surface area contributed by atoms with E-state index in [1.165, 1.54) is 5.06 Å². The molecule has 1 atom stereocenters. The number of hydrogen-bond donors (Lipinski definition) is 1. The number of nitrogens with zero attached hydrogens (tertiary/aromatic N) is 3. The summed E-state index contributed by atoms with van der Waals surface area (Å²) in [7, 11) is 0. The molecule has 0 saturated carbocycles. The summed E-state index contributed by atoms with van der Waals surface area (Å²) >= 11 is 0. The highest BCUT2D eigenvalue weighted by Crippen LogP contribution is 2.26. The Hall–Kier alpha value is -2.74. The standard InChI is InChI=1S/C21H29N5O3/c1-4-7-26(29-5-2)21(28)15-9-17-18(24-19(22)11-15)10-16(12-23-17)20(27)25-8-6-14(3)13-25/h9-10,12,14H,4-8,11,13H2,1-3H3,(H2,22,24)/p+1/t14-/m0/s1. The predicted octanol–water partition coefficient (Wildman–Crippen LogP) is 1.95. The van der Waals surface area contributed by atoms with Gasteiger partial charge < -0.3 is 10.6 Å². The number of amides is 2. The molecule has 1 saturated heterocycles. The minimum atomic E-state index is -0.223. The van der Waals surface area contributed by atoms with Crippen molar-refractivity contribution in [2.45, 2.75) is 40.0 Å². The molecule has 3 heterocycles. The van der Waals surface area contributed by atoms with Crippen LogP contribution in [0.3, 0.4) is 0 Å². The first kappa shape index (κ1) is 21.0. The molecular formula is C21H30N5O3+. The van der Waals surface area contributed by atoms with Crippen LogP contribution in [-0.2, 0) is 9.63 Å². The lowest BCUT2D eigenvalue weighted by molar-refractivity contribution is -0.380. The van der Waals surface area contributed by atoms with Crippen molar-refractivity contribution in [3.8, 4) is 0 Å². The van der Waals surface area contributed by atoms with Crippen LogP contribution < -0.4 is 10.7 Å². The lowest BCUT2D eigenvalue weighted by atomic mass is 10.1. The van der Waals surface area contributed by atoms with Gasteiger partial charge in [-0.25, -0.2) is 15.0 Å². The zero-order chi connectivity index (χ0) is 21.0. The van der Waals surface area contributed by atoms with Gasteiger partial charge in [-0.1, -0.05) is 13.8 Å². The van der Waals surface area contributed by atoms with Crippen molar-refractivity contribution in [3.63, 3.8) is 0 Å². The number of likely N-dealkylation sites (tertiary alicyclic amines) is 1. The maximum Gasteiger partial charge on any atom is 0.274 e. The van der Waals surface area contributed by atoms with Crippen molar-refractivity contribution < 1.29 is 19.4 Å². The zero-order valence-corrected chi connectivity index (χ0v) is 17.4. The molecule has 0 aromatic carbocycles. The normalized spacial score (nSPS) is 18.6. The molecule has 0 spiro atoms. The number of nitrogens with one attached hydrogen (secondary N) is 1. The third-order valence-electron chi connectivity index (χ3n) is 5.08. The van der Waals surface area contributed by atoms with Crippen molar-refractivity contribution in [1.82, 2.24) is 9.96 Å². The molecule has 8 nitrogen and oxygen atoms in total. The van der Waals surface area contributed by atoms with Crippen molar-refractivity contribution >= 4 is 29.4 Å². The highest BCUT2D eigenvalue weighted by Gasteiger charge is 2.28. The van der Waals surface area contributed by atoms with Gasteiger partial charge >= 0.3 is 0 Å². The van der Waals surface area contributed by atoms with Crippen molar-refractivity contribution in [1.29, 1.82) is 0 Å². The molecule has 29 heavy (non-hydrogen) atoms. The Morgan fingerprint density at radius 2 is 2.21 bits per heavy atom. The number of fused-ring (bicyclic) bond motifs is 1. The molecule has 2 aliphatic rings. The van der Waals surface area contributed by atoms with Crippen LogP contribution in [0.15, 0.2) is 22.8 Å². The molecule has 2 amide bonds. The molecular weight excluding hydrogens is 370 g/mol. The first-order valence-electron chi connectivity index (χ1n) is 10.3. The van der Waals surface area contributed by atoms with E-state index in [0.29, 0.717) is 47.4 Å². The Morgan fingerprint density at radius 1 is 1.41 bits per heavy atom. The molecule has 3 N–H and O–H groups in total. The summed E-state index contributed by atoms with van der Waals surface area (Å²) in [5, 5.41) is 1.37. The van der Waals surface area contributed by atoms with E-state index in [0.717, 1.165) is 25.9 Å². The van der Waals surface area contributed by atoms with Crippen LogP contribution in [0.4, 0.5) is 5.69 Å². The SMILES string of the molecule is CCCN(OCC)C(=O)C1=Cc2[nH+]cc(C(=O)N3CC[C@H](C)C3)cc2N=C(N)C1. The Labute approximate surface area is 171 Å². The van der Waals surface area contributed by atoms with Gasteiger partial charge in [0.1, 0.15) is 17.1 Å². The summed E-state index contributed by atoms with van der Waals surface area (Å²) in [6, 6.07) is 1.74. The van der Waals surface area contributed by atoms with Gasteiger partial charge in [0.05, 0.1) is 6.61 Å². The Bertz CT molecular complexity index is 843. The van der Waals surface area contributed by atoms with E-state index >= 15 is 0 Å². The van der Waals surface area contributed by atoms with Crippen LogP contribution in [0.25, 0.3) is 6.08 Å². The summed E-state index contributed by atoms with van der Waals surface area (Å²) in [6.07, 6.45) is 5.45. The number of hydroxylamine groups is 2. The van der Waals surface area contributed by atoms with Gasteiger partial charge in [0.25, 0.3) is 11.8 Å². The third kappa shape index (κ3) is 4.82. The first-order chi connectivity index (χ1) is 13.9. The molecule has 8 heteroatoms. The molecule has 0 radical (unpaired) electrons. The Morgan fingerprint density at radius 3 is 2.86 bits per heavy atom. The molecule has 0 bridgehead atoms. The van der Waals surface area contributed by atoms with Gasteiger partial charge in [-0.15, -0.1) is 0 Å². The van der Waals surface area contributed by atoms with E-state index in [4.69, 9.17) is 10.6 Å². The summed E-state index contributed by atoms with van der Waals surface area (Å²) in [5.41, 5.74) is 8.32. The van der Waals surface area contributed by atoms with Crippen LogP contribution in [-0.4, -0.2) is 53.9 Å². The highest BCUT2D eigenvalue weighted by molar-refractivity contribution is 6.05. The zero-order valence-electron chi connectivity index (χ0n) is 17.4. The largest absolute Gasteiger partial charge is 0.387 e. The number of aromatic nitrogens is 1. The van der Waals surface area contributed by atoms with Crippen molar-refractivity contribution in [2.75, 3.05) is 26.2 Å². The van der Waals surface area contributed by atoms with E-state index < -0.39 is 0 Å². The summed E-state index contributed by atoms with van der Waals surface area (Å²) < 4.78 is 0. The molecule has 0 unspecified atom stereocenters. The molecule has 1 fully saturated rings. The van der Waals surface area contributed by atoms with E-state index in [1.807, 2.05) is 18.7 Å². The minimum absolute atomic E-state index is 0.0165. The number of hydrogen-bond acceptors (Lipinski definition) is 5. The summed E-state index contributed by atoms with van der Waals surface area (Å²) in [6.45, 7) is 8.42. The fourth-order valence-electron chi connectivity index (χ4n) is 3.63. The van der Waals surface area contributed by atoms with Gasteiger partial charge in [-0.05, 0) is 31.7 Å². The molecule has 156 valence electrons. The molecule has 0 aliphatic carbocycles. The topological polar surface area (TPSA) is 102 Å². The Kier molecular flexibility index (Phi) is 6.64. The molecule has 2 aliphatic heterocycles. The van der Waals surface area contributed by atoms with Gasteiger partial charge in [0.15, 0.2) is 6.20 Å². The van der Waals surface area contributed by atoms with Crippen LogP contribution in [0.1, 0.15) is 56.1 Å². The molecule has 1 aromatic heterocycles. The highest BCUT2D eigenvalue weighted by atomic mass is 16.7. The number of pyridine rings is 1. The van der Waals surface area contributed by atoms with Gasteiger partial charge in [-0.3, -0.25) is 14.4 Å². The maximum absolute atomic E-state index is 12.9. The quantitative estimate of drug-likeness (QED) is 0.737. The maximum atomic E-state index is 12.9. The average molecular weight is 401 g/mol. The molecule has 1 aromatic rings. The number of aliphatic imine (C=N–C) groups is 1. The van der Waals surface area contributed by atoms with E-state index in [-0.39, 0.29) is 18.2 Å². The second-order valence-electron chi connectivity index (χ2n) is 7.61. The third-order valence-corrected chi connectivity index (χ3v) is 5.08. The van der Waals surface area contributed by atoms with Gasteiger partial charge in [-0.2, -0.15) is 0 Å². The van der Waals surface area contributed by atoms with Gasteiger partial charge in [0.2, 0.25) is 5.69 Å². The summed E-state index contributed by atoms with van der Waals surface area (Å²) in [5.74, 6) is 0.603. The first-order valence-corrected chi connectivity index (χ1v) is 10.3. The number of nitrogens with two attached hydrogens (primary N) is 1. The monoisotopic (exact) mass is 400 g/mol. The van der Waals surface area contributed by atoms with E-state index in [1.54, 1.807) is 18.3 Å². The number of H-pyrrole nitrogens is 1. The van der Waals surface area contributed by atoms with Crippen LogP contribution in [0, 0.1) is 5.92 Å². The summed E-state index contributed by atoms with van der Waals surface area (Å²) in [4.78, 5) is 40.6. The smallest absolute Gasteiger partial charge is 0.274 e. The van der Waals surface area contributed by atoms with Crippen molar-refractivity contribution in [3.05, 3.63) is 29.1 Å². The van der Waals surface area contributed by atoms with Crippen molar-refractivity contribution in [2.24, 2.45) is 16.6 Å². The second-order valence-corrected chi connectivity index (χ2v) is 7.61. The number of amidine groups is 1. The number of aromatic amines is 1. The van der Waals surface area contributed by atoms with E-state index in [9.17, 15) is 9.59 Å². The lowest BCUT2D eigenvalue weighted by Gasteiger charge is -2.21. The minimum Gasteiger partial charge on any atom is -0.387 e. The number of carbonyl (C=O) groups excluding carboxylic acids is 2. The Balaban J connectivity index is 1.88. The number of carbonyl (C=O) groups is 2. The lowest BCUT2D eigenvalue weighted by Crippen LogP contribution is -2.34. The molecule has 3 rings (SSSR count). The fraction of sp³-hybridized carbons (Fsp3) is 0.524. The van der Waals surface area contributed by atoms with Crippen LogP contribution in [0.2, 0.25) is 0 Å². The number of rotatable bonds is 6. The second kappa shape index (κ2) is 9.17. The average Bonchev–Trinajstić information content (AvgIpc) is 3.05. The van der Waals surface area contributed by atoms with Gasteiger partial charge in [0, 0.05) is 37.7 Å².